The highest BCUT2D eigenvalue weighted by Crippen LogP contribution is 2.31. The fourth-order valence-electron chi connectivity index (χ4n) is 2.13. The first-order chi connectivity index (χ1) is 9.08. The molecule has 3 nitrogen and oxygen atoms in total. The lowest BCUT2D eigenvalue weighted by Gasteiger charge is -2.07. The van der Waals surface area contributed by atoms with Gasteiger partial charge in [0.2, 0.25) is 0 Å². The van der Waals surface area contributed by atoms with Crippen LogP contribution in [0.5, 0.6) is 0 Å². The Morgan fingerprint density at radius 3 is 2.74 bits per heavy atom. The molecule has 0 amide bonds. The number of rotatable bonds is 4. The van der Waals surface area contributed by atoms with Crippen molar-refractivity contribution in [2.24, 2.45) is 0 Å². The lowest BCUT2D eigenvalue weighted by molar-refractivity contribution is 0.631. The maximum atomic E-state index is 13.9. The maximum Gasteiger partial charge on any atom is 0.132 e. The standard InChI is InChI=1S/C14H17ClFN3/c1-3-7-19-12(4-2)18-13(14(19)17)10-8-9(15)5-6-11(10)16/h5-6,8H,3-4,7,17H2,1-2H3. The van der Waals surface area contributed by atoms with Crippen molar-refractivity contribution in [2.75, 3.05) is 5.73 Å². The molecule has 2 N–H and O–H groups in total. The van der Waals surface area contributed by atoms with Crippen LogP contribution < -0.4 is 5.73 Å². The monoisotopic (exact) mass is 281 g/mol. The number of benzene rings is 1. The Morgan fingerprint density at radius 2 is 2.11 bits per heavy atom. The quantitative estimate of drug-likeness (QED) is 0.924. The van der Waals surface area contributed by atoms with Crippen LogP contribution in [-0.4, -0.2) is 9.55 Å². The van der Waals surface area contributed by atoms with E-state index < -0.39 is 0 Å². The Kier molecular flexibility index (Phi) is 4.10. The molecule has 1 aromatic carbocycles. The topological polar surface area (TPSA) is 43.8 Å². The molecule has 102 valence electrons. The molecule has 1 aromatic heterocycles. The van der Waals surface area contributed by atoms with Gasteiger partial charge in [-0.1, -0.05) is 25.4 Å². The molecule has 0 atom stereocenters. The summed E-state index contributed by atoms with van der Waals surface area (Å²) in [6.07, 6.45) is 1.71. The van der Waals surface area contributed by atoms with Gasteiger partial charge in [0.1, 0.15) is 23.2 Å². The molecule has 0 aliphatic rings. The molecule has 19 heavy (non-hydrogen) atoms. The summed E-state index contributed by atoms with van der Waals surface area (Å²) in [5.74, 6) is 1.01. The van der Waals surface area contributed by atoms with Crippen molar-refractivity contribution in [1.82, 2.24) is 9.55 Å². The fourth-order valence-corrected chi connectivity index (χ4v) is 2.31. The molecule has 2 rings (SSSR count). The number of halogens is 2. The minimum absolute atomic E-state index is 0.356. The second-order valence-electron chi connectivity index (χ2n) is 4.39. The van der Waals surface area contributed by atoms with E-state index in [1.807, 2.05) is 11.5 Å². The van der Waals surface area contributed by atoms with Crippen LogP contribution >= 0.6 is 11.6 Å². The first-order valence-corrected chi connectivity index (χ1v) is 6.76. The Bertz CT molecular complexity index is 593. The number of anilines is 1. The second kappa shape index (κ2) is 5.61. The van der Waals surface area contributed by atoms with Gasteiger partial charge in [-0.3, -0.25) is 0 Å². The van der Waals surface area contributed by atoms with E-state index in [2.05, 4.69) is 11.9 Å². The first kappa shape index (κ1) is 13.9. The van der Waals surface area contributed by atoms with Gasteiger partial charge in [-0.2, -0.15) is 0 Å². The van der Waals surface area contributed by atoms with Gasteiger partial charge >= 0.3 is 0 Å². The predicted molar refractivity (Wildman–Crippen MR) is 76.7 cm³/mol. The summed E-state index contributed by atoms with van der Waals surface area (Å²) in [4.78, 5) is 4.46. The molecular formula is C14H17ClFN3. The average molecular weight is 282 g/mol. The van der Waals surface area contributed by atoms with Crippen LogP contribution in [0.15, 0.2) is 18.2 Å². The van der Waals surface area contributed by atoms with Gasteiger partial charge in [0.25, 0.3) is 0 Å². The molecule has 0 aliphatic carbocycles. The van der Waals surface area contributed by atoms with Gasteiger partial charge in [0, 0.05) is 23.6 Å². The van der Waals surface area contributed by atoms with E-state index in [4.69, 9.17) is 17.3 Å². The summed E-state index contributed by atoms with van der Waals surface area (Å²) in [6.45, 7) is 4.86. The molecule has 0 bridgehead atoms. The van der Waals surface area contributed by atoms with Crippen molar-refractivity contribution in [3.63, 3.8) is 0 Å². The molecule has 0 saturated carbocycles. The number of nitrogens with zero attached hydrogens (tertiary/aromatic N) is 2. The minimum atomic E-state index is -0.361. The molecule has 0 spiro atoms. The van der Waals surface area contributed by atoms with Gasteiger partial charge in [-0.05, 0) is 24.6 Å². The van der Waals surface area contributed by atoms with Gasteiger partial charge in [0.15, 0.2) is 0 Å². The second-order valence-corrected chi connectivity index (χ2v) is 4.83. The van der Waals surface area contributed by atoms with Crippen molar-refractivity contribution >= 4 is 17.4 Å². The van der Waals surface area contributed by atoms with Gasteiger partial charge in [-0.15, -0.1) is 0 Å². The Labute approximate surface area is 117 Å². The zero-order valence-corrected chi connectivity index (χ0v) is 11.8. The molecule has 0 radical (unpaired) electrons. The predicted octanol–water partition coefficient (Wildman–Crippen LogP) is 3.90. The Balaban J connectivity index is 2.59. The van der Waals surface area contributed by atoms with E-state index >= 15 is 0 Å². The van der Waals surface area contributed by atoms with Crippen LogP contribution in [0.1, 0.15) is 26.1 Å². The summed E-state index contributed by atoms with van der Waals surface area (Å²) < 4.78 is 15.8. The normalized spacial score (nSPS) is 10.9. The van der Waals surface area contributed by atoms with Gasteiger partial charge < -0.3 is 10.3 Å². The SMILES string of the molecule is CCCn1c(CC)nc(-c2cc(Cl)ccc2F)c1N. The molecular weight excluding hydrogens is 265 g/mol. The van der Waals surface area contributed by atoms with E-state index in [1.165, 1.54) is 12.1 Å². The van der Waals surface area contributed by atoms with E-state index in [1.54, 1.807) is 6.07 Å². The number of imidazole rings is 1. The van der Waals surface area contributed by atoms with Crippen molar-refractivity contribution in [1.29, 1.82) is 0 Å². The highest BCUT2D eigenvalue weighted by molar-refractivity contribution is 6.30. The fraction of sp³-hybridized carbons (Fsp3) is 0.357. The number of nitrogen functional groups attached to an aromatic ring is 1. The zero-order valence-electron chi connectivity index (χ0n) is 11.1. The third-order valence-corrected chi connectivity index (χ3v) is 3.27. The van der Waals surface area contributed by atoms with Crippen molar-refractivity contribution in [2.45, 2.75) is 33.2 Å². The lowest BCUT2D eigenvalue weighted by atomic mass is 10.1. The van der Waals surface area contributed by atoms with Crippen LogP contribution in [0.4, 0.5) is 10.2 Å². The van der Waals surface area contributed by atoms with E-state index in [0.717, 1.165) is 25.2 Å². The van der Waals surface area contributed by atoms with E-state index in [0.29, 0.717) is 22.1 Å². The summed E-state index contributed by atoms with van der Waals surface area (Å²) in [7, 11) is 0. The molecule has 0 fully saturated rings. The Hall–Kier alpha value is -1.55. The summed E-state index contributed by atoms with van der Waals surface area (Å²) in [5, 5.41) is 0.471. The lowest BCUT2D eigenvalue weighted by Crippen LogP contribution is -2.06. The first-order valence-electron chi connectivity index (χ1n) is 6.38. The summed E-state index contributed by atoms with van der Waals surface area (Å²) in [5.41, 5.74) is 6.94. The van der Waals surface area contributed by atoms with Crippen LogP contribution in [0, 0.1) is 5.82 Å². The van der Waals surface area contributed by atoms with Crippen molar-refractivity contribution in [3.8, 4) is 11.3 Å². The maximum absolute atomic E-state index is 13.9. The van der Waals surface area contributed by atoms with E-state index in [9.17, 15) is 4.39 Å². The average Bonchev–Trinajstić information content (AvgIpc) is 2.70. The molecule has 5 heteroatoms. The van der Waals surface area contributed by atoms with Crippen LogP contribution in [0.25, 0.3) is 11.3 Å². The van der Waals surface area contributed by atoms with Crippen LogP contribution in [0.3, 0.4) is 0 Å². The molecule has 0 unspecified atom stereocenters. The largest absolute Gasteiger partial charge is 0.383 e. The summed E-state index contributed by atoms with van der Waals surface area (Å²) >= 11 is 5.92. The van der Waals surface area contributed by atoms with Crippen molar-refractivity contribution in [3.05, 3.63) is 34.9 Å². The van der Waals surface area contributed by atoms with Crippen LogP contribution in [-0.2, 0) is 13.0 Å². The van der Waals surface area contributed by atoms with E-state index in [-0.39, 0.29) is 5.82 Å². The number of nitrogens with two attached hydrogens (primary N) is 1. The molecule has 1 heterocycles. The van der Waals surface area contributed by atoms with Crippen LogP contribution in [0.2, 0.25) is 5.02 Å². The molecule has 0 saturated heterocycles. The highest BCUT2D eigenvalue weighted by Gasteiger charge is 2.17. The number of hydrogen-bond donors (Lipinski definition) is 1. The number of hydrogen-bond acceptors (Lipinski definition) is 2. The summed E-state index contributed by atoms with van der Waals surface area (Å²) in [6, 6.07) is 4.41. The minimum Gasteiger partial charge on any atom is -0.383 e. The number of aryl methyl sites for hydroxylation is 1. The molecule has 2 aromatic rings. The van der Waals surface area contributed by atoms with Gasteiger partial charge in [-0.25, -0.2) is 9.37 Å². The number of aromatic nitrogens is 2. The third-order valence-electron chi connectivity index (χ3n) is 3.03. The Morgan fingerprint density at radius 1 is 1.37 bits per heavy atom. The zero-order chi connectivity index (χ0) is 14.0. The smallest absolute Gasteiger partial charge is 0.132 e. The van der Waals surface area contributed by atoms with Crippen molar-refractivity contribution < 1.29 is 4.39 Å². The van der Waals surface area contributed by atoms with Gasteiger partial charge in [0.05, 0.1) is 0 Å². The highest BCUT2D eigenvalue weighted by atomic mass is 35.5. The molecule has 0 aliphatic heterocycles. The third kappa shape index (κ3) is 2.59.